The number of hydrogen-bond donors (Lipinski definition) is 0. The number of benzene rings is 2. The molecule has 1 aromatic heterocycles. The number of hydrogen-bond acceptors (Lipinski definition) is 4. The molecule has 36 heavy (non-hydrogen) atoms. The smallest absolute Gasteiger partial charge is 0.340 e. The van der Waals surface area contributed by atoms with Gasteiger partial charge in [0.15, 0.2) is 0 Å². The van der Waals surface area contributed by atoms with Gasteiger partial charge in [0, 0.05) is 27.1 Å². The van der Waals surface area contributed by atoms with E-state index >= 15 is 0 Å². The standard InChI is InChI=1S/C28H26Cl2N2O4/c1-15-7-8-25(35-5)24(9-15)31-16(2)10-19(17(31)3)11-23-26(28(34)36-6)18(4)32(27(23)33)22-13-20(29)12-21(30)14-22/h7-14H,1-6H3/b23-11-. The van der Waals surface area contributed by atoms with E-state index in [-0.39, 0.29) is 17.1 Å². The van der Waals surface area contributed by atoms with Crippen LogP contribution in [0.3, 0.4) is 0 Å². The second-order valence-corrected chi connectivity index (χ2v) is 9.49. The van der Waals surface area contributed by atoms with Gasteiger partial charge in [-0.15, -0.1) is 0 Å². The van der Waals surface area contributed by atoms with E-state index in [1.54, 1.807) is 38.3 Å². The summed E-state index contributed by atoms with van der Waals surface area (Å²) in [5.74, 6) is -0.241. The van der Waals surface area contributed by atoms with Crippen LogP contribution >= 0.6 is 23.2 Å². The van der Waals surface area contributed by atoms with Crippen LogP contribution in [0.25, 0.3) is 11.8 Å². The summed E-state index contributed by atoms with van der Waals surface area (Å²) in [5.41, 5.74) is 5.94. The van der Waals surface area contributed by atoms with Crippen molar-refractivity contribution in [2.75, 3.05) is 19.1 Å². The summed E-state index contributed by atoms with van der Waals surface area (Å²) in [4.78, 5) is 27.9. The lowest BCUT2D eigenvalue weighted by Crippen LogP contribution is -2.24. The fourth-order valence-electron chi connectivity index (χ4n) is 4.59. The first kappa shape index (κ1) is 25.6. The van der Waals surface area contributed by atoms with Crippen LogP contribution in [-0.4, -0.2) is 30.7 Å². The number of aromatic nitrogens is 1. The number of rotatable bonds is 5. The molecule has 1 aliphatic rings. The number of carbonyl (C=O) groups excluding carboxylic acids is 2. The molecule has 4 rings (SSSR count). The van der Waals surface area contributed by atoms with E-state index in [9.17, 15) is 9.59 Å². The van der Waals surface area contributed by atoms with Gasteiger partial charge in [-0.3, -0.25) is 9.69 Å². The van der Waals surface area contributed by atoms with E-state index in [2.05, 4.69) is 4.57 Å². The molecule has 0 saturated carbocycles. The average molecular weight is 525 g/mol. The number of allylic oxidation sites excluding steroid dienone is 1. The molecule has 0 bridgehead atoms. The normalized spacial score (nSPS) is 14.7. The zero-order valence-electron chi connectivity index (χ0n) is 20.9. The minimum Gasteiger partial charge on any atom is -0.495 e. The molecule has 0 atom stereocenters. The summed E-state index contributed by atoms with van der Waals surface area (Å²) in [6.07, 6.45) is 1.73. The van der Waals surface area contributed by atoms with Gasteiger partial charge in [-0.1, -0.05) is 29.3 Å². The number of nitrogens with zero attached hydrogens (tertiary/aromatic N) is 2. The van der Waals surface area contributed by atoms with Gasteiger partial charge in [0.05, 0.1) is 36.7 Å². The molecular weight excluding hydrogens is 499 g/mol. The summed E-state index contributed by atoms with van der Waals surface area (Å²) in [6, 6.07) is 12.8. The molecule has 1 amide bonds. The summed E-state index contributed by atoms with van der Waals surface area (Å²) < 4.78 is 12.7. The SMILES string of the molecule is COC(=O)C1=C(C)N(c2cc(Cl)cc(Cl)c2)C(=O)/C1=C\c1cc(C)n(-c2cc(C)ccc2OC)c1C. The molecule has 0 saturated heterocycles. The first-order valence-corrected chi connectivity index (χ1v) is 12.0. The molecule has 0 spiro atoms. The maximum atomic E-state index is 13.7. The largest absolute Gasteiger partial charge is 0.495 e. The molecule has 0 unspecified atom stereocenters. The zero-order chi connectivity index (χ0) is 26.3. The Kier molecular flexibility index (Phi) is 7.03. The first-order valence-electron chi connectivity index (χ1n) is 11.2. The Bertz CT molecular complexity index is 1450. The van der Waals surface area contributed by atoms with Crippen molar-refractivity contribution in [2.24, 2.45) is 0 Å². The number of anilines is 1. The average Bonchev–Trinajstić information content (AvgIpc) is 3.23. The Hall–Kier alpha value is -3.48. The monoisotopic (exact) mass is 524 g/mol. The van der Waals surface area contributed by atoms with Gasteiger partial charge < -0.3 is 14.0 Å². The van der Waals surface area contributed by atoms with Crippen molar-refractivity contribution in [1.29, 1.82) is 0 Å². The van der Waals surface area contributed by atoms with Crippen molar-refractivity contribution < 1.29 is 19.1 Å². The number of halogens is 2. The van der Waals surface area contributed by atoms with Gasteiger partial charge in [0.25, 0.3) is 5.91 Å². The number of ether oxygens (including phenoxy) is 2. The van der Waals surface area contributed by atoms with Crippen LogP contribution in [0, 0.1) is 20.8 Å². The highest BCUT2D eigenvalue weighted by atomic mass is 35.5. The predicted octanol–water partition coefficient (Wildman–Crippen LogP) is 6.60. The van der Waals surface area contributed by atoms with Crippen molar-refractivity contribution in [1.82, 2.24) is 4.57 Å². The molecular formula is C28H26Cl2N2O4. The lowest BCUT2D eigenvalue weighted by atomic mass is 10.0. The first-order chi connectivity index (χ1) is 17.1. The minimum absolute atomic E-state index is 0.191. The summed E-state index contributed by atoms with van der Waals surface area (Å²) in [7, 11) is 2.93. The summed E-state index contributed by atoms with van der Waals surface area (Å²) in [5, 5.41) is 0.761. The number of esters is 1. The quantitative estimate of drug-likeness (QED) is 0.278. The van der Waals surface area contributed by atoms with Crippen LogP contribution in [0.4, 0.5) is 5.69 Å². The van der Waals surface area contributed by atoms with Gasteiger partial charge in [0.2, 0.25) is 0 Å². The van der Waals surface area contributed by atoms with E-state index in [0.29, 0.717) is 21.4 Å². The molecule has 0 radical (unpaired) electrons. The molecule has 6 nitrogen and oxygen atoms in total. The van der Waals surface area contributed by atoms with Crippen molar-refractivity contribution in [3.8, 4) is 11.4 Å². The van der Waals surface area contributed by atoms with Crippen LogP contribution in [0.5, 0.6) is 5.75 Å². The molecule has 0 N–H and O–H groups in total. The third kappa shape index (κ3) is 4.43. The molecule has 8 heteroatoms. The third-order valence-corrected chi connectivity index (χ3v) is 6.68. The minimum atomic E-state index is -0.600. The Balaban J connectivity index is 1.89. The maximum absolute atomic E-state index is 13.7. The molecule has 2 heterocycles. The Morgan fingerprint density at radius 2 is 1.61 bits per heavy atom. The Morgan fingerprint density at radius 1 is 0.944 bits per heavy atom. The van der Waals surface area contributed by atoms with Crippen molar-refractivity contribution in [3.05, 3.63) is 91.9 Å². The lowest BCUT2D eigenvalue weighted by molar-refractivity contribution is -0.136. The molecule has 1 aliphatic heterocycles. The second-order valence-electron chi connectivity index (χ2n) is 8.62. The molecule has 2 aromatic carbocycles. The van der Waals surface area contributed by atoms with Gasteiger partial charge in [-0.05, 0) is 81.3 Å². The molecule has 0 aliphatic carbocycles. The van der Waals surface area contributed by atoms with Crippen LogP contribution in [0.2, 0.25) is 10.0 Å². The lowest BCUT2D eigenvalue weighted by Gasteiger charge is -2.18. The van der Waals surface area contributed by atoms with E-state index in [1.807, 2.05) is 45.0 Å². The molecule has 186 valence electrons. The molecule has 3 aromatic rings. The number of methoxy groups -OCH3 is 2. The fraction of sp³-hybridized carbons (Fsp3) is 0.214. The Morgan fingerprint density at radius 3 is 2.22 bits per heavy atom. The summed E-state index contributed by atoms with van der Waals surface area (Å²) >= 11 is 12.4. The van der Waals surface area contributed by atoms with Crippen LogP contribution in [0.15, 0.2) is 59.3 Å². The fourth-order valence-corrected chi connectivity index (χ4v) is 5.11. The van der Waals surface area contributed by atoms with Gasteiger partial charge in [-0.2, -0.15) is 0 Å². The topological polar surface area (TPSA) is 60.8 Å². The summed E-state index contributed by atoms with van der Waals surface area (Å²) in [6.45, 7) is 7.66. The third-order valence-electron chi connectivity index (χ3n) is 6.24. The highest BCUT2D eigenvalue weighted by molar-refractivity contribution is 6.35. The van der Waals surface area contributed by atoms with Crippen LogP contribution in [0.1, 0.15) is 29.4 Å². The van der Waals surface area contributed by atoms with E-state index in [0.717, 1.165) is 34.0 Å². The Labute approximate surface area is 220 Å². The van der Waals surface area contributed by atoms with E-state index < -0.39 is 5.97 Å². The zero-order valence-corrected chi connectivity index (χ0v) is 22.4. The highest BCUT2D eigenvalue weighted by Gasteiger charge is 2.38. The molecule has 0 fully saturated rings. The number of aryl methyl sites for hydroxylation is 2. The maximum Gasteiger partial charge on any atom is 0.340 e. The van der Waals surface area contributed by atoms with Crippen molar-refractivity contribution in [3.63, 3.8) is 0 Å². The highest BCUT2D eigenvalue weighted by Crippen LogP contribution is 2.38. The van der Waals surface area contributed by atoms with Gasteiger partial charge in [-0.25, -0.2) is 4.79 Å². The predicted molar refractivity (Wildman–Crippen MR) is 143 cm³/mol. The van der Waals surface area contributed by atoms with Crippen LogP contribution in [-0.2, 0) is 14.3 Å². The van der Waals surface area contributed by atoms with Crippen molar-refractivity contribution >= 4 is 46.8 Å². The van der Waals surface area contributed by atoms with Gasteiger partial charge in [0.1, 0.15) is 5.75 Å². The van der Waals surface area contributed by atoms with E-state index in [1.165, 1.54) is 12.0 Å². The van der Waals surface area contributed by atoms with Crippen molar-refractivity contribution in [2.45, 2.75) is 27.7 Å². The number of carbonyl (C=O) groups is 2. The van der Waals surface area contributed by atoms with Gasteiger partial charge >= 0.3 is 5.97 Å². The second kappa shape index (κ2) is 9.88. The van der Waals surface area contributed by atoms with Crippen LogP contribution < -0.4 is 9.64 Å². The van der Waals surface area contributed by atoms with E-state index in [4.69, 9.17) is 32.7 Å². The number of amides is 1.